The maximum Gasteiger partial charge on any atom is 0.305 e. The molecular formula is C23H42O5. The third-order valence-electron chi connectivity index (χ3n) is 4.54. The number of hydrogen-bond donors (Lipinski definition) is 1. The first-order valence-corrected chi connectivity index (χ1v) is 11.0. The summed E-state index contributed by atoms with van der Waals surface area (Å²) in [5.41, 5.74) is 0. The molecule has 0 fully saturated rings. The zero-order chi connectivity index (χ0) is 21.0. The molecule has 0 amide bonds. The van der Waals surface area contributed by atoms with E-state index in [1.165, 1.54) is 51.9 Å². The van der Waals surface area contributed by atoms with Crippen LogP contribution < -0.4 is 0 Å². The Balaban J connectivity index is 3.41. The lowest BCUT2D eigenvalue weighted by molar-refractivity contribution is -0.159. The predicted molar refractivity (Wildman–Crippen MR) is 113 cm³/mol. The predicted octanol–water partition coefficient (Wildman–Crippen LogP) is 5.35. The lowest BCUT2D eigenvalue weighted by Crippen LogP contribution is -2.27. The van der Waals surface area contributed by atoms with Crippen LogP contribution >= 0.6 is 0 Å². The van der Waals surface area contributed by atoms with Gasteiger partial charge in [-0.1, -0.05) is 64.5 Å². The van der Waals surface area contributed by atoms with Crippen molar-refractivity contribution in [3.05, 3.63) is 12.2 Å². The fourth-order valence-corrected chi connectivity index (χ4v) is 2.91. The van der Waals surface area contributed by atoms with Gasteiger partial charge in [-0.25, -0.2) is 0 Å². The SMILES string of the molecule is CC(=O)OC(CO)COC(=O)CCCCCCC/C=C\CCCCCC(C)C. The summed E-state index contributed by atoms with van der Waals surface area (Å²) < 4.78 is 9.84. The Bertz CT molecular complexity index is 417. The van der Waals surface area contributed by atoms with Gasteiger partial charge in [-0.05, 0) is 38.0 Å². The number of carbonyl (C=O) groups is 2. The van der Waals surface area contributed by atoms with E-state index in [2.05, 4.69) is 26.0 Å². The van der Waals surface area contributed by atoms with E-state index < -0.39 is 12.1 Å². The zero-order valence-corrected chi connectivity index (χ0v) is 18.3. The van der Waals surface area contributed by atoms with Crippen molar-refractivity contribution in [3.63, 3.8) is 0 Å². The van der Waals surface area contributed by atoms with Crippen molar-refractivity contribution in [3.8, 4) is 0 Å². The third kappa shape index (κ3) is 19.4. The Morgan fingerprint density at radius 3 is 2.04 bits per heavy atom. The maximum atomic E-state index is 11.6. The van der Waals surface area contributed by atoms with Gasteiger partial charge in [-0.15, -0.1) is 0 Å². The van der Waals surface area contributed by atoms with Gasteiger partial charge in [-0.2, -0.15) is 0 Å². The van der Waals surface area contributed by atoms with Gasteiger partial charge in [0.25, 0.3) is 0 Å². The molecule has 0 aromatic rings. The van der Waals surface area contributed by atoms with Gasteiger partial charge >= 0.3 is 11.9 Å². The summed E-state index contributed by atoms with van der Waals surface area (Å²) >= 11 is 0. The second-order valence-corrected chi connectivity index (χ2v) is 7.91. The molecule has 0 rings (SSSR count). The molecule has 5 heteroatoms. The molecule has 0 saturated heterocycles. The molecule has 0 heterocycles. The highest BCUT2D eigenvalue weighted by atomic mass is 16.6. The van der Waals surface area contributed by atoms with Gasteiger partial charge in [-0.3, -0.25) is 9.59 Å². The first-order valence-electron chi connectivity index (χ1n) is 11.0. The highest BCUT2D eigenvalue weighted by Crippen LogP contribution is 2.11. The van der Waals surface area contributed by atoms with Gasteiger partial charge in [0.2, 0.25) is 0 Å². The number of rotatable bonds is 18. The number of aliphatic hydroxyl groups excluding tert-OH is 1. The van der Waals surface area contributed by atoms with E-state index >= 15 is 0 Å². The van der Waals surface area contributed by atoms with Gasteiger partial charge in [0, 0.05) is 13.3 Å². The Morgan fingerprint density at radius 2 is 1.46 bits per heavy atom. The number of hydrogen-bond acceptors (Lipinski definition) is 5. The van der Waals surface area contributed by atoms with Crippen molar-refractivity contribution < 1.29 is 24.2 Å². The van der Waals surface area contributed by atoms with Crippen LogP contribution in [-0.4, -0.2) is 36.4 Å². The normalized spacial score (nSPS) is 12.5. The average molecular weight is 399 g/mol. The van der Waals surface area contributed by atoms with Gasteiger partial charge in [0.15, 0.2) is 6.10 Å². The highest BCUT2D eigenvalue weighted by molar-refractivity contribution is 5.69. The molecular weight excluding hydrogens is 356 g/mol. The number of esters is 2. The Morgan fingerprint density at radius 1 is 0.893 bits per heavy atom. The number of ether oxygens (including phenoxy) is 2. The second kappa shape index (κ2) is 19.0. The van der Waals surface area contributed by atoms with E-state index in [9.17, 15) is 9.59 Å². The van der Waals surface area contributed by atoms with Crippen molar-refractivity contribution in [1.82, 2.24) is 0 Å². The summed E-state index contributed by atoms with van der Waals surface area (Å²) in [5.74, 6) is 0.0284. The van der Waals surface area contributed by atoms with Gasteiger partial charge in [0.05, 0.1) is 6.61 Å². The summed E-state index contributed by atoms with van der Waals surface area (Å²) in [5, 5.41) is 9.03. The molecule has 1 N–H and O–H groups in total. The standard InChI is InChI=1S/C23H42O5/c1-20(2)16-14-12-10-8-6-4-5-7-9-11-13-15-17-23(26)27-19-22(18-24)28-21(3)25/h4,6,20,22,24H,5,7-19H2,1-3H3/b6-4-. The van der Waals surface area contributed by atoms with Crippen LogP contribution in [0.25, 0.3) is 0 Å². The van der Waals surface area contributed by atoms with Crippen LogP contribution in [-0.2, 0) is 19.1 Å². The quantitative estimate of drug-likeness (QED) is 0.191. The first kappa shape index (κ1) is 26.6. The van der Waals surface area contributed by atoms with Crippen LogP contribution in [0.5, 0.6) is 0 Å². The molecule has 28 heavy (non-hydrogen) atoms. The maximum absolute atomic E-state index is 11.6. The summed E-state index contributed by atoms with van der Waals surface area (Å²) in [6.45, 7) is 5.40. The van der Waals surface area contributed by atoms with Crippen LogP contribution in [0.2, 0.25) is 0 Å². The topological polar surface area (TPSA) is 72.8 Å². The molecule has 0 spiro atoms. The number of aliphatic hydroxyl groups is 1. The lowest BCUT2D eigenvalue weighted by atomic mass is 10.0. The first-order chi connectivity index (χ1) is 13.5. The fourth-order valence-electron chi connectivity index (χ4n) is 2.91. The molecule has 0 aliphatic heterocycles. The monoisotopic (exact) mass is 398 g/mol. The van der Waals surface area contributed by atoms with E-state index in [4.69, 9.17) is 14.6 Å². The largest absolute Gasteiger partial charge is 0.462 e. The Labute approximate surface area is 171 Å². The van der Waals surface area contributed by atoms with Gasteiger partial charge < -0.3 is 14.6 Å². The number of unbranched alkanes of at least 4 members (excludes halogenated alkanes) is 8. The van der Waals surface area contributed by atoms with Crippen molar-refractivity contribution >= 4 is 11.9 Å². The highest BCUT2D eigenvalue weighted by Gasteiger charge is 2.13. The Hall–Kier alpha value is -1.36. The summed E-state index contributed by atoms with van der Waals surface area (Å²) in [6.07, 6.45) is 17.3. The molecule has 0 aromatic heterocycles. The van der Waals surface area contributed by atoms with Crippen molar-refractivity contribution in [1.29, 1.82) is 0 Å². The van der Waals surface area contributed by atoms with Crippen LogP contribution in [0.4, 0.5) is 0 Å². The summed E-state index contributed by atoms with van der Waals surface area (Å²) in [4.78, 5) is 22.4. The van der Waals surface area contributed by atoms with E-state index in [0.29, 0.717) is 6.42 Å². The molecule has 5 nitrogen and oxygen atoms in total. The minimum Gasteiger partial charge on any atom is -0.462 e. The molecule has 164 valence electrons. The summed E-state index contributed by atoms with van der Waals surface area (Å²) in [6, 6.07) is 0. The molecule has 0 aromatic carbocycles. The van der Waals surface area contributed by atoms with Crippen molar-refractivity contribution in [2.45, 2.75) is 104 Å². The molecule has 0 aliphatic carbocycles. The Kier molecular flexibility index (Phi) is 18.1. The molecule has 0 aliphatic rings. The molecule has 0 radical (unpaired) electrons. The van der Waals surface area contributed by atoms with Gasteiger partial charge in [0.1, 0.15) is 6.61 Å². The fraction of sp³-hybridized carbons (Fsp3) is 0.826. The van der Waals surface area contributed by atoms with Crippen LogP contribution in [0.1, 0.15) is 97.8 Å². The third-order valence-corrected chi connectivity index (χ3v) is 4.54. The van der Waals surface area contributed by atoms with E-state index in [1.54, 1.807) is 0 Å². The minimum absolute atomic E-state index is 0.0844. The van der Waals surface area contributed by atoms with Crippen LogP contribution in [0.3, 0.4) is 0 Å². The molecule has 0 saturated carbocycles. The zero-order valence-electron chi connectivity index (χ0n) is 18.3. The second-order valence-electron chi connectivity index (χ2n) is 7.91. The lowest BCUT2D eigenvalue weighted by Gasteiger charge is -2.14. The summed E-state index contributed by atoms with van der Waals surface area (Å²) in [7, 11) is 0. The average Bonchev–Trinajstić information content (AvgIpc) is 2.64. The van der Waals surface area contributed by atoms with E-state index in [-0.39, 0.29) is 19.2 Å². The van der Waals surface area contributed by atoms with Crippen molar-refractivity contribution in [2.75, 3.05) is 13.2 Å². The minimum atomic E-state index is -0.769. The van der Waals surface area contributed by atoms with Crippen LogP contribution in [0.15, 0.2) is 12.2 Å². The molecule has 0 bridgehead atoms. The van der Waals surface area contributed by atoms with Crippen molar-refractivity contribution in [2.24, 2.45) is 5.92 Å². The smallest absolute Gasteiger partial charge is 0.305 e. The number of carbonyl (C=O) groups excluding carboxylic acids is 2. The number of allylic oxidation sites excluding steroid dienone is 2. The molecule has 1 unspecified atom stereocenters. The van der Waals surface area contributed by atoms with E-state index in [1.807, 2.05) is 0 Å². The van der Waals surface area contributed by atoms with Crippen LogP contribution in [0, 0.1) is 5.92 Å². The van der Waals surface area contributed by atoms with E-state index in [0.717, 1.165) is 31.6 Å². The molecule has 1 atom stereocenters.